The molecule has 1 aliphatic rings. The third kappa shape index (κ3) is 4.80. The van der Waals surface area contributed by atoms with Crippen LogP contribution in [0.4, 0.5) is 0 Å². The Bertz CT molecular complexity index is 622. The first-order valence-corrected chi connectivity index (χ1v) is 9.32. The van der Waals surface area contributed by atoms with Gasteiger partial charge in [0.15, 0.2) is 0 Å². The van der Waals surface area contributed by atoms with Gasteiger partial charge in [0.25, 0.3) is 0 Å². The second kappa shape index (κ2) is 7.38. The quantitative estimate of drug-likeness (QED) is 0.819. The summed E-state index contributed by atoms with van der Waals surface area (Å²) in [5.74, 6) is 5.79. The summed E-state index contributed by atoms with van der Waals surface area (Å²) in [5, 5.41) is 1.92. The number of ether oxygens (including phenoxy) is 1. The van der Waals surface area contributed by atoms with Crippen LogP contribution in [0.15, 0.2) is 11.4 Å². The van der Waals surface area contributed by atoms with Crippen LogP contribution < -0.4 is 5.73 Å². The van der Waals surface area contributed by atoms with Crippen LogP contribution in [0.25, 0.3) is 0 Å². The number of hydrogen-bond acceptors (Lipinski definition) is 5. The van der Waals surface area contributed by atoms with E-state index in [0.29, 0.717) is 19.7 Å². The summed E-state index contributed by atoms with van der Waals surface area (Å²) in [4.78, 5) is 0.967. The molecule has 0 saturated carbocycles. The van der Waals surface area contributed by atoms with Gasteiger partial charge in [-0.15, -0.1) is 11.3 Å². The highest BCUT2D eigenvalue weighted by Crippen LogP contribution is 2.19. The predicted molar refractivity (Wildman–Crippen MR) is 84.5 cm³/mol. The van der Waals surface area contributed by atoms with Crippen LogP contribution in [0.3, 0.4) is 0 Å². The molecular weight excluding hydrogens is 308 g/mol. The topological polar surface area (TPSA) is 72.6 Å². The van der Waals surface area contributed by atoms with Gasteiger partial charge in [-0.2, -0.15) is 4.31 Å². The number of nitrogens with two attached hydrogens (primary N) is 1. The Hall–Kier alpha value is -0.910. The smallest absolute Gasteiger partial charge is 0.216 e. The van der Waals surface area contributed by atoms with Crippen LogP contribution in [0.2, 0.25) is 0 Å². The first kappa shape index (κ1) is 16.5. The predicted octanol–water partition coefficient (Wildman–Crippen LogP) is 0.999. The zero-order valence-corrected chi connectivity index (χ0v) is 13.7. The summed E-state index contributed by atoms with van der Waals surface area (Å²) in [6, 6.07) is 1.91. The molecule has 1 fully saturated rings. The molecule has 1 unspecified atom stereocenters. The molecule has 1 saturated heterocycles. The van der Waals surface area contributed by atoms with Gasteiger partial charge in [-0.05, 0) is 18.9 Å². The molecule has 0 aromatic carbocycles. The molecule has 1 atom stereocenters. The van der Waals surface area contributed by atoms with Crippen molar-refractivity contribution in [3.63, 3.8) is 0 Å². The van der Waals surface area contributed by atoms with Crippen LogP contribution in [0.1, 0.15) is 23.3 Å². The summed E-state index contributed by atoms with van der Waals surface area (Å²) >= 11 is 1.51. The van der Waals surface area contributed by atoms with E-state index in [1.807, 2.05) is 11.4 Å². The SMILES string of the molecule is CN(Cc1cc(C#CCN)cs1)S(=O)(=O)CC1CCCO1. The maximum Gasteiger partial charge on any atom is 0.216 e. The van der Waals surface area contributed by atoms with Crippen LogP contribution >= 0.6 is 11.3 Å². The van der Waals surface area contributed by atoms with Crippen molar-refractivity contribution in [2.45, 2.75) is 25.5 Å². The van der Waals surface area contributed by atoms with Gasteiger partial charge in [0.2, 0.25) is 10.0 Å². The van der Waals surface area contributed by atoms with Gasteiger partial charge in [-0.1, -0.05) is 11.8 Å². The summed E-state index contributed by atoms with van der Waals surface area (Å²) in [7, 11) is -1.68. The Morgan fingerprint density at radius 1 is 1.57 bits per heavy atom. The van der Waals surface area contributed by atoms with Gasteiger partial charge in [-0.3, -0.25) is 0 Å². The molecule has 1 aromatic rings. The van der Waals surface area contributed by atoms with Crippen molar-refractivity contribution in [2.24, 2.45) is 5.73 Å². The fraction of sp³-hybridized carbons (Fsp3) is 0.571. The molecule has 0 spiro atoms. The number of nitrogens with zero attached hydrogens (tertiary/aromatic N) is 1. The first-order chi connectivity index (χ1) is 10.0. The lowest BCUT2D eigenvalue weighted by molar-refractivity contribution is 0.126. The Kier molecular flexibility index (Phi) is 5.79. The largest absolute Gasteiger partial charge is 0.377 e. The monoisotopic (exact) mass is 328 g/mol. The minimum atomic E-state index is -3.29. The number of rotatable bonds is 5. The summed E-state index contributed by atoms with van der Waals surface area (Å²) < 4.78 is 31.3. The zero-order valence-electron chi connectivity index (χ0n) is 12.0. The van der Waals surface area contributed by atoms with Gasteiger partial charge in [0, 0.05) is 36.0 Å². The summed E-state index contributed by atoms with van der Waals surface area (Å²) in [6.45, 7) is 1.35. The first-order valence-electron chi connectivity index (χ1n) is 6.83. The normalized spacial score (nSPS) is 18.7. The van der Waals surface area contributed by atoms with E-state index < -0.39 is 10.0 Å². The second-order valence-electron chi connectivity index (χ2n) is 4.98. The Morgan fingerprint density at radius 2 is 2.38 bits per heavy atom. The molecule has 0 amide bonds. The standard InChI is InChI=1S/C14H20N2O3S2/c1-16(21(17,18)11-13-5-3-7-19-13)9-14-8-12(10-20-14)4-2-6-15/h8,10,13H,3,5-7,9,11,15H2,1H3. The van der Waals surface area contributed by atoms with E-state index in [-0.39, 0.29) is 11.9 Å². The fourth-order valence-electron chi connectivity index (χ4n) is 2.14. The molecule has 7 heteroatoms. The Balaban J connectivity index is 1.96. The number of thiophene rings is 1. The van der Waals surface area contributed by atoms with E-state index in [1.165, 1.54) is 15.6 Å². The third-order valence-corrected chi connectivity index (χ3v) is 6.06. The van der Waals surface area contributed by atoms with Crippen LogP contribution in [-0.4, -0.2) is 44.8 Å². The molecule has 2 rings (SSSR count). The van der Waals surface area contributed by atoms with Crippen molar-refractivity contribution in [3.05, 3.63) is 21.9 Å². The van der Waals surface area contributed by atoms with E-state index in [1.54, 1.807) is 7.05 Å². The number of hydrogen-bond donors (Lipinski definition) is 1. The van der Waals surface area contributed by atoms with Crippen molar-refractivity contribution in [3.8, 4) is 11.8 Å². The van der Waals surface area contributed by atoms with Gasteiger partial charge >= 0.3 is 0 Å². The molecule has 2 heterocycles. The van der Waals surface area contributed by atoms with Gasteiger partial charge in [-0.25, -0.2) is 8.42 Å². The summed E-state index contributed by atoms with van der Waals surface area (Å²) in [5.41, 5.74) is 6.21. The van der Waals surface area contributed by atoms with Crippen molar-refractivity contribution in [1.29, 1.82) is 0 Å². The molecule has 1 aliphatic heterocycles. The molecule has 21 heavy (non-hydrogen) atoms. The lowest BCUT2D eigenvalue weighted by Gasteiger charge is -2.18. The van der Waals surface area contributed by atoms with E-state index in [9.17, 15) is 8.42 Å². The molecular formula is C14H20N2O3S2. The van der Waals surface area contributed by atoms with E-state index in [2.05, 4.69) is 11.8 Å². The van der Waals surface area contributed by atoms with Crippen molar-refractivity contribution < 1.29 is 13.2 Å². The van der Waals surface area contributed by atoms with Crippen LogP contribution in [0, 0.1) is 11.8 Å². The highest BCUT2D eigenvalue weighted by Gasteiger charge is 2.26. The highest BCUT2D eigenvalue weighted by atomic mass is 32.2. The lowest BCUT2D eigenvalue weighted by Crippen LogP contribution is -2.33. The maximum atomic E-state index is 12.3. The average Bonchev–Trinajstić information content (AvgIpc) is 3.07. The minimum absolute atomic E-state index is 0.0642. The van der Waals surface area contributed by atoms with Crippen molar-refractivity contribution in [2.75, 3.05) is 26.0 Å². The maximum absolute atomic E-state index is 12.3. The van der Waals surface area contributed by atoms with Crippen molar-refractivity contribution >= 4 is 21.4 Å². The third-order valence-electron chi connectivity index (χ3n) is 3.26. The molecule has 1 aromatic heterocycles. The Morgan fingerprint density at radius 3 is 3.05 bits per heavy atom. The van der Waals surface area contributed by atoms with Crippen LogP contribution in [-0.2, 0) is 21.3 Å². The van der Waals surface area contributed by atoms with Gasteiger partial charge in [0.05, 0.1) is 18.4 Å². The van der Waals surface area contributed by atoms with Gasteiger partial charge in [0.1, 0.15) is 0 Å². The minimum Gasteiger partial charge on any atom is -0.377 e. The molecule has 2 N–H and O–H groups in total. The average molecular weight is 328 g/mol. The second-order valence-corrected chi connectivity index (χ2v) is 8.09. The van der Waals surface area contributed by atoms with Crippen molar-refractivity contribution in [1.82, 2.24) is 4.31 Å². The molecule has 0 radical (unpaired) electrons. The van der Waals surface area contributed by atoms with Gasteiger partial charge < -0.3 is 10.5 Å². The van der Waals surface area contributed by atoms with E-state index in [4.69, 9.17) is 10.5 Å². The highest BCUT2D eigenvalue weighted by molar-refractivity contribution is 7.89. The molecule has 0 aliphatic carbocycles. The molecule has 0 bridgehead atoms. The summed E-state index contributed by atoms with van der Waals surface area (Å²) in [6.07, 6.45) is 1.61. The lowest BCUT2D eigenvalue weighted by atomic mass is 10.3. The number of sulfonamides is 1. The zero-order chi connectivity index (χ0) is 15.3. The van der Waals surface area contributed by atoms with E-state index in [0.717, 1.165) is 23.3 Å². The van der Waals surface area contributed by atoms with Crippen LogP contribution in [0.5, 0.6) is 0 Å². The molecule has 116 valence electrons. The molecule has 5 nitrogen and oxygen atoms in total. The Labute approximate surface area is 130 Å². The fourth-order valence-corrected chi connectivity index (χ4v) is 4.41. The van der Waals surface area contributed by atoms with E-state index >= 15 is 0 Å².